The minimum absolute atomic E-state index is 0.236. The molecule has 1 amide bonds. The molecule has 0 saturated carbocycles. The van der Waals surface area contributed by atoms with Crippen LogP contribution in [0.3, 0.4) is 0 Å². The number of nitrogens with zero attached hydrogens (tertiary/aromatic N) is 1. The smallest absolute Gasteiger partial charge is 0.295 e. The summed E-state index contributed by atoms with van der Waals surface area (Å²) in [6.45, 7) is 1.67. The summed E-state index contributed by atoms with van der Waals surface area (Å²) in [6, 6.07) is 0. The number of likely N-dealkylation sites (N-methyl/N-ethyl adjacent to an activating group) is 1. The molecule has 72 valence electrons. The molecule has 0 bridgehead atoms. The number of hydrogen-bond donors (Lipinski definition) is 2. The average molecular weight is 182 g/mol. The van der Waals surface area contributed by atoms with Crippen LogP contribution >= 0.6 is 0 Å². The van der Waals surface area contributed by atoms with Crippen LogP contribution in [0.5, 0.6) is 0 Å². The zero-order chi connectivity index (χ0) is 9.90. The van der Waals surface area contributed by atoms with E-state index >= 15 is 0 Å². The van der Waals surface area contributed by atoms with Crippen LogP contribution in [0.4, 0.5) is 0 Å². The maximum atomic E-state index is 10.7. The van der Waals surface area contributed by atoms with Crippen molar-refractivity contribution in [3.63, 3.8) is 0 Å². The molecule has 0 radical (unpaired) electrons. The van der Waals surface area contributed by atoms with Gasteiger partial charge in [0.1, 0.15) is 0 Å². The molecule has 1 atom stereocenters. The summed E-state index contributed by atoms with van der Waals surface area (Å²) in [4.78, 5) is 12.7. The van der Waals surface area contributed by atoms with E-state index in [0.29, 0.717) is 13.0 Å². The Morgan fingerprint density at radius 1 is 1.85 bits per heavy atom. The van der Waals surface area contributed by atoms with E-state index in [1.165, 1.54) is 0 Å². The summed E-state index contributed by atoms with van der Waals surface area (Å²) >= 11 is 0. The van der Waals surface area contributed by atoms with Gasteiger partial charge in [-0.1, -0.05) is 0 Å². The third-order valence-corrected chi connectivity index (χ3v) is 2.23. The minimum atomic E-state index is -0.804. The summed E-state index contributed by atoms with van der Waals surface area (Å²) in [5, 5.41) is 12.4. The lowest BCUT2D eigenvalue weighted by atomic mass is 10.0. The van der Waals surface area contributed by atoms with Crippen molar-refractivity contribution in [2.45, 2.75) is 12.0 Å². The molecule has 13 heavy (non-hydrogen) atoms. The lowest BCUT2D eigenvalue weighted by Gasteiger charge is -2.21. The van der Waals surface area contributed by atoms with E-state index in [9.17, 15) is 9.90 Å². The Labute approximate surface area is 77.9 Å². The van der Waals surface area contributed by atoms with Crippen LogP contribution in [0, 0.1) is 12.3 Å². The predicted molar refractivity (Wildman–Crippen MR) is 48.9 cm³/mol. The fraction of sp³-hybridized carbons (Fsp3) is 0.667. The van der Waals surface area contributed by atoms with Gasteiger partial charge in [0.15, 0.2) is 0 Å². The number of terminal acetylenes is 1. The summed E-state index contributed by atoms with van der Waals surface area (Å²) in [6.07, 6.45) is 5.55. The van der Waals surface area contributed by atoms with Crippen LogP contribution in [-0.4, -0.2) is 48.2 Å². The number of amides is 1. The molecular weight excluding hydrogens is 168 g/mol. The highest BCUT2D eigenvalue weighted by Gasteiger charge is 2.34. The Bertz CT molecular complexity index is 246. The number of β-amino-alcohol motifs (C(OH)–C–C–N with tert-alkyl or cyclic N) is 1. The fourth-order valence-corrected chi connectivity index (χ4v) is 1.50. The number of aliphatic hydroxyl groups is 1. The number of nitrogens with one attached hydrogen (secondary N) is 1. The van der Waals surface area contributed by atoms with Gasteiger partial charge in [0.2, 0.25) is 0 Å². The second-order valence-electron chi connectivity index (χ2n) is 3.54. The topological polar surface area (TPSA) is 52.6 Å². The monoisotopic (exact) mass is 182 g/mol. The standard InChI is InChI=1S/C9H14N2O2/c1-3-8(12)10-6-9(13)4-5-11(2)7-9/h1,13H,4-7H2,2H3,(H,10,12). The predicted octanol–water partition coefficient (Wildman–Crippen LogP) is -1.20. The van der Waals surface area contributed by atoms with Gasteiger partial charge in [-0.2, -0.15) is 0 Å². The van der Waals surface area contributed by atoms with Crippen molar-refractivity contribution in [3.8, 4) is 12.3 Å². The van der Waals surface area contributed by atoms with Crippen LogP contribution in [-0.2, 0) is 4.79 Å². The van der Waals surface area contributed by atoms with E-state index in [-0.39, 0.29) is 6.54 Å². The van der Waals surface area contributed by atoms with Crippen molar-refractivity contribution in [1.82, 2.24) is 10.2 Å². The van der Waals surface area contributed by atoms with Gasteiger partial charge in [-0.3, -0.25) is 4.79 Å². The highest BCUT2D eigenvalue weighted by atomic mass is 16.3. The first-order valence-electron chi connectivity index (χ1n) is 4.21. The molecule has 1 fully saturated rings. The van der Waals surface area contributed by atoms with E-state index < -0.39 is 11.5 Å². The van der Waals surface area contributed by atoms with Gasteiger partial charge >= 0.3 is 0 Å². The number of rotatable bonds is 2. The lowest BCUT2D eigenvalue weighted by molar-refractivity contribution is -0.116. The molecule has 1 rings (SSSR count). The third-order valence-electron chi connectivity index (χ3n) is 2.23. The lowest BCUT2D eigenvalue weighted by Crippen LogP contribution is -2.44. The number of hydrogen-bond acceptors (Lipinski definition) is 3. The fourth-order valence-electron chi connectivity index (χ4n) is 1.50. The molecule has 1 unspecified atom stereocenters. The molecule has 0 spiro atoms. The quantitative estimate of drug-likeness (QED) is 0.528. The van der Waals surface area contributed by atoms with Gasteiger partial charge in [-0.25, -0.2) is 0 Å². The second kappa shape index (κ2) is 3.77. The molecule has 0 aromatic rings. The highest BCUT2D eigenvalue weighted by molar-refractivity contribution is 5.92. The summed E-state index contributed by atoms with van der Waals surface area (Å²) in [5.41, 5.74) is -0.804. The van der Waals surface area contributed by atoms with Crippen LogP contribution in [0.2, 0.25) is 0 Å². The van der Waals surface area contributed by atoms with Gasteiger partial charge in [-0.15, -0.1) is 6.42 Å². The Kier molecular flexibility index (Phi) is 2.91. The van der Waals surface area contributed by atoms with E-state index in [1.54, 1.807) is 0 Å². The van der Waals surface area contributed by atoms with E-state index in [1.807, 2.05) is 17.9 Å². The Balaban J connectivity index is 2.37. The van der Waals surface area contributed by atoms with Crippen molar-refractivity contribution >= 4 is 5.91 Å². The van der Waals surface area contributed by atoms with Crippen molar-refractivity contribution in [2.75, 3.05) is 26.7 Å². The molecule has 0 aromatic carbocycles. The first-order chi connectivity index (χ1) is 6.06. The van der Waals surface area contributed by atoms with Crippen LogP contribution in [0.25, 0.3) is 0 Å². The van der Waals surface area contributed by atoms with Crippen LogP contribution in [0.15, 0.2) is 0 Å². The summed E-state index contributed by atoms with van der Waals surface area (Å²) in [5.74, 6) is 1.47. The van der Waals surface area contributed by atoms with Gasteiger partial charge in [-0.05, 0) is 19.4 Å². The molecule has 1 heterocycles. The Hall–Kier alpha value is -1.05. The second-order valence-corrected chi connectivity index (χ2v) is 3.54. The van der Waals surface area contributed by atoms with Crippen LogP contribution in [0.1, 0.15) is 6.42 Å². The van der Waals surface area contributed by atoms with E-state index in [2.05, 4.69) is 5.32 Å². The van der Waals surface area contributed by atoms with Crippen molar-refractivity contribution in [2.24, 2.45) is 0 Å². The highest BCUT2D eigenvalue weighted by Crippen LogP contribution is 2.18. The zero-order valence-electron chi connectivity index (χ0n) is 7.71. The Morgan fingerprint density at radius 3 is 3.00 bits per heavy atom. The summed E-state index contributed by atoms with van der Waals surface area (Å²) in [7, 11) is 1.93. The number of carbonyl (C=O) groups excluding carboxylic acids is 1. The molecule has 0 aromatic heterocycles. The van der Waals surface area contributed by atoms with Gasteiger partial charge in [0.25, 0.3) is 5.91 Å². The molecule has 1 aliphatic rings. The third kappa shape index (κ3) is 2.72. The molecule has 1 saturated heterocycles. The van der Waals surface area contributed by atoms with Gasteiger partial charge in [0, 0.05) is 19.6 Å². The maximum absolute atomic E-state index is 10.7. The van der Waals surface area contributed by atoms with Crippen LogP contribution < -0.4 is 5.32 Å². The molecule has 1 aliphatic heterocycles. The zero-order valence-corrected chi connectivity index (χ0v) is 7.71. The normalized spacial score (nSPS) is 28.4. The maximum Gasteiger partial charge on any atom is 0.295 e. The van der Waals surface area contributed by atoms with Crippen molar-refractivity contribution < 1.29 is 9.90 Å². The first kappa shape index (κ1) is 10.0. The van der Waals surface area contributed by atoms with E-state index in [0.717, 1.165) is 6.54 Å². The SMILES string of the molecule is C#CC(=O)NCC1(O)CCN(C)C1. The minimum Gasteiger partial charge on any atom is -0.387 e. The average Bonchev–Trinajstić information content (AvgIpc) is 2.43. The molecular formula is C9H14N2O2. The molecule has 2 N–H and O–H groups in total. The summed E-state index contributed by atoms with van der Waals surface area (Å²) < 4.78 is 0. The largest absolute Gasteiger partial charge is 0.387 e. The molecule has 4 nitrogen and oxygen atoms in total. The Morgan fingerprint density at radius 2 is 2.54 bits per heavy atom. The van der Waals surface area contributed by atoms with Gasteiger partial charge < -0.3 is 15.3 Å². The first-order valence-corrected chi connectivity index (χ1v) is 4.21. The molecule has 4 heteroatoms. The number of carbonyl (C=O) groups is 1. The molecule has 0 aliphatic carbocycles. The van der Waals surface area contributed by atoms with Crippen molar-refractivity contribution in [3.05, 3.63) is 0 Å². The van der Waals surface area contributed by atoms with E-state index in [4.69, 9.17) is 6.42 Å². The van der Waals surface area contributed by atoms with Gasteiger partial charge in [0.05, 0.1) is 5.60 Å². The number of likely N-dealkylation sites (tertiary alicyclic amines) is 1. The van der Waals surface area contributed by atoms with Crippen molar-refractivity contribution in [1.29, 1.82) is 0 Å².